The number of aliphatic hydroxyl groups is 2. The van der Waals surface area contributed by atoms with E-state index in [0.717, 1.165) is 44.9 Å². The van der Waals surface area contributed by atoms with Crippen molar-refractivity contribution < 1.29 is 19.8 Å². The molecule has 1 atom stereocenters. The molecule has 1 aliphatic heterocycles. The predicted octanol–water partition coefficient (Wildman–Crippen LogP) is 1.74. The zero-order chi connectivity index (χ0) is 16.4. The van der Waals surface area contributed by atoms with Crippen LogP contribution in [-0.2, 0) is 4.79 Å². The lowest BCUT2D eigenvalue weighted by Crippen LogP contribution is -2.50. The first-order valence-corrected chi connectivity index (χ1v) is 8.40. The summed E-state index contributed by atoms with van der Waals surface area (Å²) in [5.74, 6) is -0.0504. The molecule has 6 heteroatoms. The summed E-state index contributed by atoms with van der Waals surface area (Å²) in [6.07, 6.45) is 7.82. The van der Waals surface area contributed by atoms with Gasteiger partial charge in [-0.25, -0.2) is 4.79 Å². The maximum atomic E-state index is 11.8. The highest BCUT2D eigenvalue weighted by Crippen LogP contribution is 2.13. The van der Waals surface area contributed by atoms with E-state index in [1.54, 1.807) is 11.9 Å². The Labute approximate surface area is 133 Å². The van der Waals surface area contributed by atoms with Crippen molar-refractivity contribution in [3.8, 4) is 0 Å². The SMILES string of the molecule is CN1CCC(=O)N(CCCCCCCCCC(O)CO)C1=O. The van der Waals surface area contributed by atoms with Crippen LogP contribution in [0, 0.1) is 0 Å². The van der Waals surface area contributed by atoms with Gasteiger partial charge >= 0.3 is 6.03 Å². The fourth-order valence-corrected chi connectivity index (χ4v) is 2.65. The molecule has 3 amide bonds. The second-order valence-corrected chi connectivity index (χ2v) is 6.10. The molecule has 0 aliphatic carbocycles. The van der Waals surface area contributed by atoms with E-state index < -0.39 is 6.10 Å². The molecular formula is C16H30N2O4. The Balaban J connectivity index is 1.99. The van der Waals surface area contributed by atoms with Gasteiger partial charge < -0.3 is 15.1 Å². The van der Waals surface area contributed by atoms with Crippen molar-refractivity contribution in [2.75, 3.05) is 26.7 Å². The number of carbonyl (C=O) groups is 2. The minimum absolute atomic E-state index is 0.0504. The summed E-state index contributed by atoms with van der Waals surface area (Å²) in [7, 11) is 1.73. The lowest BCUT2D eigenvalue weighted by molar-refractivity contribution is -0.130. The molecule has 1 aliphatic rings. The summed E-state index contributed by atoms with van der Waals surface area (Å²) in [6.45, 7) is 0.910. The molecule has 0 aromatic rings. The zero-order valence-electron chi connectivity index (χ0n) is 13.7. The van der Waals surface area contributed by atoms with Crippen LogP contribution < -0.4 is 0 Å². The average Bonchev–Trinajstić information content (AvgIpc) is 2.52. The summed E-state index contributed by atoms with van der Waals surface area (Å²) in [4.78, 5) is 26.5. The fourth-order valence-electron chi connectivity index (χ4n) is 2.65. The number of unbranched alkanes of at least 4 members (excludes halogenated alkanes) is 6. The van der Waals surface area contributed by atoms with Gasteiger partial charge in [0.1, 0.15) is 0 Å². The number of nitrogens with zero attached hydrogens (tertiary/aromatic N) is 2. The van der Waals surface area contributed by atoms with E-state index in [4.69, 9.17) is 5.11 Å². The quantitative estimate of drug-likeness (QED) is 0.569. The van der Waals surface area contributed by atoms with Crippen molar-refractivity contribution in [2.24, 2.45) is 0 Å². The summed E-state index contributed by atoms with van der Waals surface area (Å²) < 4.78 is 0. The molecule has 128 valence electrons. The first-order chi connectivity index (χ1) is 10.6. The maximum absolute atomic E-state index is 11.8. The number of carbonyl (C=O) groups excluding carboxylic acids is 2. The molecule has 6 nitrogen and oxygen atoms in total. The molecule has 0 aromatic heterocycles. The van der Waals surface area contributed by atoms with Crippen molar-refractivity contribution in [1.29, 1.82) is 0 Å². The topological polar surface area (TPSA) is 81.1 Å². The lowest BCUT2D eigenvalue weighted by atomic mass is 10.1. The second-order valence-electron chi connectivity index (χ2n) is 6.10. The van der Waals surface area contributed by atoms with Crippen molar-refractivity contribution in [3.63, 3.8) is 0 Å². The number of hydrogen-bond acceptors (Lipinski definition) is 4. The molecule has 0 saturated carbocycles. The van der Waals surface area contributed by atoms with Crippen LogP contribution in [0.25, 0.3) is 0 Å². The van der Waals surface area contributed by atoms with Gasteiger partial charge in [0.25, 0.3) is 0 Å². The van der Waals surface area contributed by atoms with Crippen molar-refractivity contribution in [2.45, 2.75) is 63.9 Å². The minimum atomic E-state index is -0.572. The summed E-state index contributed by atoms with van der Waals surface area (Å²) in [5.41, 5.74) is 0. The molecule has 1 unspecified atom stereocenters. The zero-order valence-corrected chi connectivity index (χ0v) is 13.7. The fraction of sp³-hybridized carbons (Fsp3) is 0.875. The number of amides is 3. The van der Waals surface area contributed by atoms with E-state index in [-0.39, 0.29) is 18.5 Å². The smallest absolute Gasteiger partial charge is 0.326 e. The van der Waals surface area contributed by atoms with E-state index in [1.165, 1.54) is 4.90 Å². The number of urea groups is 1. The molecule has 1 saturated heterocycles. The predicted molar refractivity (Wildman–Crippen MR) is 84.4 cm³/mol. The Hall–Kier alpha value is -1.14. The average molecular weight is 314 g/mol. The minimum Gasteiger partial charge on any atom is -0.394 e. The van der Waals surface area contributed by atoms with Gasteiger partial charge in [-0.2, -0.15) is 0 Å². The maximum Gasteiger partial charge on any atom is 0.326 e. The molecule has 1 rings (SSSR count). The molecule has 1 heterocycles. The van der Waals surface area contributed by atoms with Crippen LogP contribution in [0.1, 0.15) is 57.8 Å². The van der Waals surface area contributed by atoms with Crippen LogP contribution in [0.4, 0.5) is 4.79 Å². The molecule has 1 fully saturated rings. The van der Waals surface area contributed by atoms with Crippen LogP contribution >= 0.6 is 0 Å². The Kier molecular flexibility index (Phi) is 9.08. The van der Waals surface area contributed by atoms with Crippen molar-refractivity contribution in [3.05, 3.63) is 0 Å². The molecule has 22 heavy (non-hydrogen) atoms. The van der Waals surface area contributed by atoms with E-state index in [9.17, 15) is 14.7 Å². The first kappa shape index (κ1) is 18.9. The third kappa shape index (κ3) is 6.75. The normalized spacial score (nSPS) is 17.2. The molecule has 0 bridgehead atoms. The van der Waals surface area contributed by atoms with Gasteiger partial charge in [-0.1, -0.05) is 38.5 Å². The lowest BCUT2D eigenvalue weighted by Gasteiger charge is -2.31. The summed E-state index contributed by atoms with van der Waals surface area (Å²) in [6, 6.07) is -0.168. The molecule has 2 N–H and O–H groups in total. The Morgan fingerprint density at radius 3 is 2.27 bits per heavy atom. The van der Waals surface area contributed by atoms with Gasteiger partial charge in [0, 0.05) is 26.6 Å². The van der Waals surface area contributed by atoms with Gasteiger partial charge in [-0.05, 0) is 12.8 Å². The number of imide groups is 1. The Bertz CT molecular complexity index is 349. The van der Waals surface area contributed by atoms with Gasteiger partial charge in [0.15, 0.2) is 0 Å². The highest BCUT2D eigenvalue weighted by atomic mass is 16.3. The number of aliphatic hydroxyl groups excluding tert-OH is 2. The van der Waals surface area contributed by atoms with Gasteiger partial charge in [0.2, 0.25) is 5.91 Å². The Morgan fingerprint density at radius 2 is 1.64 bits per heavy atom. The second kappa shape index (κ2) is 10.6. The third-order valence-corrected chi connectivity index (χ3v) is 4.15. The standard InChI is InChI=1S/C16H30N2O4/c1-17-12-10-15(21)18(16(17)22)11-8-6-4-2-3-5-7-9-14(20)13-19/h14,19-20H,2-13H2,1H3. The largest absolute Gasteiger partial charge is 0.394 e. The Morgan fingerprint density at radius 1 is 1.05 bits per heavy atom. The van der Waals surface area contributed by atoms with Gasteiger partial charge in [-0.15, -0.1) is 0 Å². The molecule has 0 radical (unpaired) electrons. The highest BCUT2D eigenvalue weighted by Gasteiger charge is 2.28. The monoisotopic (exact) mass is 314 g/mol. The van der Waals surface area contributed by atoms with Gasteiger partial charge in [-0.3, -0.25) is 9.69 Å². The van der Waals surface area contributed by atoms with E-state index in [0.29, 0.717) is 25.9 Å². The summed E-state index contributed by atoms with van der Waals surface area (Å²) >= 11 is 0. The summed E-state index contributed by atoms with van der Waals surface area (Å²) in [5, 5.41) is 17.9. The van der Waals surface area contributed by atoms with Crippen molar-refractivity contribution >= 4 is 11.9 Å². The molecule has 0 spiro atoms. The third-order valence-electron chi connectivity index (χ3n) is 4.15. The van der Waals surface area contributed by atoms with E-state index in [1.807, 2.05) is 0 Å². The molecule has 0 aromatic carbocycles. The van der Waals surface area contributed by atoms with E-state index in [2.05, 4.69) is 0 Å². The number of rotatable bonds is 11. The highest BCUT2D eigenvalue weighted by molar-refractivity contribution is 5.96. The first-order valence-electron chi connectivity index (χ1n) is 8.40. The van der Waals surface area contributed by atoms with Crippen LogP contribution in [-0.4, -0.2) is 64.8 Å². The van der Waals surface area contributed by atoms with E-state index >= 15 is 0 Å². The molecular weight excluding hydrogens is 284 g/mol. The van der Waals surface area contributed by atoms with Crippen LogP contribution in [0.3, 0.4) is 0 Å². The van der Waals surface area contributed by atoms with Gasteiger partial charge in [0.05, 0.1) is 12.7 Å². The number of hydrogen-bond donors (Lipinski definition) is 2. The van der Waals surface area contributed by atoms with Crippen molar-refractivity contribution in [1.82, 2.24) is 9.80 Å². The van der Waals surface area contributed by atoms with Crippen LogP contribution in [0.15, 0.2) is 0 Å². The van der Waals surface area contributed by atoms with Crippen LogP contribution in [0.5, 0.6) is 0 Å². The van der Waals surface area contributed by atoms with Crippen LogP contribution in [0.2, 0.25) is 0 Å².